The molecule has 1 saturated heterocycles. The third-order valence-electron chi connectivity index (χ3n) is 3.78. The molecule has 0 amide bonds. The summed E-state index contributed by atoms with van der Waals surface area (Å²) in [5, 5.41) is 3.45. The highest BCUT2D eigenvalue weighted by molar-refractivity contribution is 5.41. The molecule has 0 atom stereocenters. The van der Waals surface area contributed by atoms with Crippen LogP contribution in [0.2, 0.25) is 0 Å². The third-order valence-corrected chi connectivity index (χ3v) is 3.78. The lowest BCUT2D eigenvalue weighted by Crippen LogP contribution is -2.39. The van der Waals surface area contributed by atoms with Gasteiger partial charge >= 0.3 is 0 Å². The van der Waals surface area contributed by atoms with E-state index >= 15 is 0 Å². The van der Waals surface area contributed by atoms with Gasteiger partial charge in [-0.05, 0) is 25.8 Å². The summed E-state index contributed by atoms with van der Waals surface area (Å²) in [6.07, 6.45) is 5.40. The van der Waals surface area contributed by atoms with Gasteiger partial charge in [0, 0.05) is 31.4 Å². The summed E-state index contributed by atoms with van der Waals surface area (Å²) in [6.45, 7) is 3.85. The van der Waals surface area contributed by atoms with E-state index < -0.39 is 0 Å². The zero-order valence-electron chi connectivity index (χ0n) is 12.9. The monoisotopic (exact) mass is 300 g/mol. The number of hydrogen-bond donors (Lipinski definition) is 1. The van der Waals surface area contributed by atoms with Crippen molar-refractivity contribution in [2.75, 3.05) is 30.4 Å². The summed E-state index contributed by atoms with van der Waals surface area (Å²) in [5.41, 5.74) is 0. The minimum absolute atomic E-state index is 0.402. The summed E-state index contributed by atoms with van der Waals surface area (Å²) >= 11 is 0. The van der Waals surface area contributed by atoms with Crippen LogP contribution in [0, 0.1) is 6.92 Å². The molecule has 0 aliphatic carbocycles. The fraction of sp³-hybridized carbons (Fsp3) is 0.467. The van der Waals surface area contributed by atoms with E-state index in [1.165, 1.54) is 6.33 Å². The van der Waals surface area contributed by atoms with Gasteiger partial charge in [-0.1, -0.05) is 0 Å². The van der Waals surface area contributed by atoms with E-state index in [-0.39, 0.29) is 0 Å². The molecular formula is C15H20N6O. The molecule has 0 saturated carbocycles. The molecule has 3 heterocycles. The number of methoxy groups -OCH3 is 1. The van der Waals surface area contributed by atoms with E-state index in [4.69, 9.17) is 4.74 Å². The smallest absolute Gasteiger partial charge is 0.218 e. The second-order valence-corrected chi connectivity index (χ2v) is 5.31. The molecule has 7 nitrogen and oxygen atoms in total. The van der Waals surface area contributed by atoms with Crippen LogP contribution < -0.4 is 15.0 Å². The molecule has 0 unspecified atom stereocenters. The largest absolute Gasteiger partial charge is 0.481 e. The van der Waals surface area contributed by atoms with Crippen LogP contribution in [0.25, 0.3) is 0 Å². The van der Waals surface area contributed by atoms with Crippen LogP contribution in [0.15, 0.2) is 24.7 Å². The maximum absolute atomic E-state index is 5.12. The molecule has 0 aromatic carbocycles. The lowest BCUT2D eigenvalue weighted by Gasteiger charge is -2.33. The first-order valence-corrected chi connectivity index (χ1v) is 7.42. The van der Waals surface area contributed by atoms with E-state index in [1.807, 2.05) is 25.3 Å². The van der Waals surface area contributed by atoms with Crippen molar-refractivity contribution >= 4 is 11.6 Å². The Balaban J connectivity index is 1.57. The second kappa shape index (κ2) is 6.55. The standard InChI is InChI=1S/C15H20N6O/c1-11-16-6-3-14(19-11)21-7-4-12(5-8-21)20-13-9-15(22-2)18-10-17-13/h3,6,9-10,12H,4-5,7-8H2,1-2H3,(H,17,18,20). The number of anilines is 2. The molecule has 116 valence electrons. The van der Waals surface area contributed by atoms with E-state index in [1.54, 1.807) is 7.11 Å². The quantitative estimate of drug-likeness (QED) is 0.920. The SMILES string of the molecule is COc1cc(NC2CCN(c3ccnc(C)n3)CC2)ncn1. The van der Waals surface area contributed by atoms with Crippen LogP contribution in [0.1, 0.15) is 18.7 Å². The maximum Gasteiger partial charge on any atom is 0.218 e. The highest BCUT2D eigenvalue weighted by Crippen LogP contribution is 2.20. The Kier molecular flexibility index (Phi) is 4.32. The lowest BCUT2D eigenvalue weighted by molar-refractivity contribution is 0.397. The van der Waals surface area contributed by atoms with Crippen molar-refractivity contribution in [2.24, 2.45) is 0 Å². The van der Waals surface area contributed by atoms with Gasteiger partial charge in [-0.3, -0.25) is 0 Å². The van der Waals surface area contributed by atoms with Crippen LogP contribution in [0.4, 0.5) is 11.6 Å². The molecule has 0 radical (unpaired) electrons. The molecule has 1 N–H and O–H groups in total. The molecule has 2 aromatic heterocycles. The minimum Gasteiger partial charge on any atom is -0.481 e. The topological polar surface area (TPSA) is 76.1 Å². The van der Waals surface area contributed by atoms with Crippen molar-refractivity contribution in [3.05, 3.63) is 30.5 Å². The molecule has 1 aliphatic rings. The molecule has 0 spiro atoms. The number of rotatable bonds is 4. The Labute approximate surface area is 129 Å². The first-order chi connectivity index (χ1) is 10.7. The Morgan fingerprint density at radius 1 is 1.23 bits per heavy atom. The highest BCUT2D eigenvalue weighted by atomic mass is 16.5. The van der Waals surface area contributed by atoms with Gasteiger partial charge in [0.15, 0.2) is 0 Å². The van der Waals surface area contributed by atoms with E-state index in [2.05, 4.69) is 30.2 Å². The Morgan fingerprint density at radius 2 is 2.05 bits per heavy atom. The summed E-state index contributed by atoms with van der Waals surface area (Å²) in [6, 6.07) is 4.19. The second-order valence-electron chi connectivity index (χ2n) is 5.31. The number of nitrogens with one attached hydrogen (secondary N) is 1. The van der Waals surface area contributed by atoms with Crippen molar-refractivity contribution in [2.45, 2.75) is 25.8 Å². The van der Waals surface area contributed by atoms with Crippen molar-refractivity contribution < 1.29 is 4.74 Å². The summed E-state index contributed by atoms with van der Waals surface area (Å²) in [4.78, 5) is 19.2. The first-order valence-electron chi connectivity index (χ1n) is 7.42. The fourth-order valence-electron chi connectivity index (χ4n) is 2.61. The molecule has 3 rings (SSSR count). The lowest BCUT2D eigenvalue weighted by atomic mass is 10.1. The number of ether oxygens (including phenoxy) is 1. The first kappa shape index (κ1) is 14.5. The Bertz CT molecular complexity index is 627. The third kappa shape index (κ3) is 3.41. The number of nitrogens with zero attached hydrogens (tertiary/aromatic N) is 5. The Hall–Kier alpha value is -2.44. The summed E-state index contributed by atoms with van der Waals surface area (Å²) in [7, 11) is 1.61. The molecule has 2 aromatic rings. The van der Waals surface area contributed by atoms with Crippen molar-refractivity contribution in [3.8, 4) is 5.88 Å². The number of aromatic nitrogens is 4. The number of piperidine rings is 1. The predicted molar refractivity (Wildman–Crippen MR) is 84.2 cm³/mol. The number of hydrogen-bond acceptors (Lipinski definition) is 7. The van der Waals surface area contributed by atoms with Gasteiger partial charge < -0.3 is 15.0 Å². The van der Waals surface area contributed by atoms with E-state index in [9.17, 15) is 0 Å². The van der Waals surface area contributed by atoms with Crippen molar-refractivity contribution in [1.29, 1.82) is 0 Å². The molecule has 7 heteroatoms. The van der Waals surface area contributed by atoms with Gasteiger partial charge in [0.05, 0.1) is 7.11 Å². The molecule has 0 bridgehead atoms. The van der Waals surface area contributed by atoms with Crippen LogP contribution in [0.3, 0.4) is 0 Å². The molecule has 1 fully saturated rings. The van der Waals surface area contributed by atoms with Crippen molar-refractivity contribution in [1.82, 2.24) is 19.9 Å². The summed E-state index contributed by atoms with van der Waals surface area (Å²) < 4.78 is 5.12. The van der Waals surface area contributed by atoms with E-state index in [0.29, 0.717) is 11.9 Å². The minimum atomic E-state index is 0.402. The van der Waals surface area contributed by atoms with Gasteiger partial charge in [-0.25, -0.2) is 19.9 Å². The van der Waals surface area contributed by atoms with Crippen LogP contribution in [-0.4, -0.2) is 46.2 Å². The molecule has 22 heavy (non-hydrogen) atoms. The van der Waals surface area contributed by atoms with Gasteiger partial charge in [0.2, 0.25) is 5.88 Å². The van der Waals surface area contributed by atoms with Crippen molar-refractivity contribution in [3.63, 3.8) is 0 Å². The predicted octanol–water partition coefficient (Wildman–Crippen LogP) is 1.66. The maximum atomic E-state index is 5.12. The molecule has 1 aliphatic heterocycles. The summed E-state index contributed by atoms with van der Waals surface area (Å²) in [5.74, 6) is 3.20. The van der Waals surface area contributed by atoms with Crippen LogP contribution in [0.5, 0.6) is 5.88 Å². The average Bonchev–Trinajstić information content (AvgIpc) is 2.56. The number of aryl methyl sites for hydroxylation is 1. The zero-order chi connectivity index (χ0) is 15.4. The average molecular weight is 300 g/mol. The highest BCUT2D eigenvalue weighted by Gasteiger charge is 2.20. The normalized spacial score (nSPS) is 15.6. The van der Waals surface area contributed by atoms with Crippen LogP contribution >= 0.6 is 0 Å². The Morgan fingerprint density at radius 3 is 2.77 bits per heavy atom. The van der Waals surface area contributed by atoms with Gasteiger partial charge in [0.1, 0.15) is 23.8 Å². The van der Waals surface area contributed by atoms with E-state index in [0.717, 1.165) is 43.4 Å². The van der Waals surface area contributed by atoms with Gasteiger partial charge in [-0.15, -0.1) is 0 Å². The fourth-order valence-corrected chi connectivity index (χ4v) is 2.61. The zero-order valence-corrected chi connectivity index (χ0v) is 12.9. The van der Waals surface area contributed by atoms with Gasteiger partial charge in [0.25, 0.3) is 0 Å². The molecular weight excluding hydrogens is 280 g/mol. The van der Waals surface area contributed by atoms with Gasteiger partial charge in [-0.2, -0.15) is 0 Å². The van der Waals surface area contributed by atoms with Crippen LogP contribution in [-0.2, 0) is 0 Å².